The minimum Gasteiger partial charge on any atom is -0.223 e. The lowest BCUT2D eigenvalue weighted by Gasteiger charge is -2.36. The maximum atomic E-state index is 12.1. The van der Waals surface area contributed by atoms with Gasteiger partial charge in [-0.15, -0.1) is 4.20 Å². The van der Waals surface area contributed by atoms with E-state index in [1.807, 2.05) is 0 Å². The predicted molar refractivity (Wildman–Crippen MR) is 25.7 cm³/mol. The van der Waals surface area contributed by atoms with E-state index >= 15 is 0 Å². The third kappa shape index (κ3) is 1.51. The summed E-state index contributed by atoms with van der Waals surface area (Å²) >= 11 is 0. The van der Waals surface area contributed by atoms with E-state index in [1.54, 1.807) is 0 Å². The molecule has 0 spiro atoms. The van der Waals surface area contributed by atoms with E-state index in [4.69, 9.17) is 0 Å². The molecule has 1 rings (SSSR count). The maximum Gasteiger partial charge on any atom is 0.523 e. The second-order valence-electron chi connectivity index (χ2n) is 2.22. The van der Waals surface area contributed by atoms with Gasteiger partial charge in [-0.1, -0.05) is 0 Å². The predicted octanol–water partition coefficient (Wildman–Crippen LogP) is 2.93. The fraction of sp³-hybridized carbons (Fsp3) is 1.00. The van der Waals surface area contributed by atoms with Crippen LogP contribution >= 0.6 is 7.91 Å². The third-order valence-electron chi connectivity index (χ3n) is 1.18. The van der Waals surface area contributed by atoms with Gasteiger partial charge in [-0.2, -0.15) is 26.3 Å². The Morgan fingerprint density at radius 2 is 1.14 bits per heavy atom. The number of halogens is 7. The van der Waals surface area contributed by atoms with E-state index in [0.717, 1.165) is 0 Å². The number of hydrogen-bond acceptors (Lipinski definition) is 3. The normalized spacial score (nSPS) is 32.5. The molecule has 1 aliphatic rings. The van der Waals surface area contributed by atoms with Crippen LogP contribution in [0.5, 0.6) is 0 Å². The van der Waals surface area contributed by atoms with Gasteiger partial charge < -0.3 is 0 Å². The van der Waals surface area contributed by atoms with Crippen LogP contribution in [0.2, 0.25) is 0 Å². The summed E-state index contributed by atoms with van der Waals surface area (Å²) in [6, 6.07) is 0. The first kappa shape index (κ1) is 11.7. The standard InChI is InChI=1S/C3F7O3P/c4-1(5)2(6,7)12-14(10,11)13-3(1,8)9. The monoisotopic (exact) mass is 248 g/mol. The Kier molecular flexibility index (Phi) is 2.19. The first-order chi connectivity index (χ1) is 5.91. The fourth-order valence-electron chi connectivity index (χ4n) is 0.577. The highest BCUT2D eigenvalue weighted by molar-refractivity contribution is 7.48. The zero-order valence-electron chi connectivity index (χ0n) is 5.82. The highest BCUT2D eigenvalue weighted by atomic mass is 31.2. The SMILES string of the molecule is O=P1(F)OC(F)(F)C(F)(F)C(F)(F)O1. The molecule has 1 heterocycles. The van der Waals surface area contributed by atoms with E-state index < -0.39 is 26.0 Å². The number of hydrogen-bond donors (Lipinski definition) is 0. The van der Waals surface area contributed by atoms with Crippen molar-refractivity contribution < 1.29 is 44.2 Å². The zero-order chi connectivity index (χ0) is 11.4. The fourth-order valence-corrected chi connectivity index (χ4v) is 1.39. The lowest BCUT2D eigenvalue weighted by molar-refractivity contribution is -0.442. The molecule has 0 aromatic carbocycles. The molecule has 84 valence electrons. The Morgan fingerprint density at radius 1 is 0.857 bits per heavy atom. The van der Waals surface area contributed by atoms with Crippen molar-refractivity contribution in [1.82, 2.24) is 0 Å². The van der Waals surface area contributed by atoms with Gasteiger partial charge in [0.2, 0.25) is 0 Å². The molecule has 11 heteroatoms. The van der Waals surface area contributed by atoms with Gasteiger partial charge in [0.15, 0.2) is 0 Å². The van der Waals surface area contributed by atoms with Gasteiger partial charge in [-0.3, -0.25) is 0 Å². The smallest absolute Gasteiger partial charge is 0.223 e. The Bertz CT molecular complexity index is 277. The highest BCUT2D eigenvalue weighted by Gasteiger charge is 2.81. The van der Waals surface area contributed by atoms with E-state index in [9.17, 15) is 35.1 Å². The molecule has 0 atom stereocenters. The molecule has 0 amide bonds. The average molecular weight is 248 g/mol. The molecular weight excluding hydrogens is 248 g/mol. The van der Waals surface area contributed by atoms with Crippen molar-refractivity contribution >= 4 is 7.91 Å². The molecule has 0 radical (unpaired) electrons. The van der Waals surface area contributed by atoms with E-state index in [-0.39, 0.29) is 0 Å². The van der Waals surface area contributed by atoms with Crippen LogP contribution in [0, 0.1) is 0 Å². The van der Waals surface area contributed by atoms with E-state index in [2.05, 4.69) is 9.05 Å². The van der Waals surface area contributed by atoms with Crippen molar-refractivity contribution in [3.8, 4) is 0 Å². The first-order valence-electron chi connectivity index (χ1n) is 2.76. The average Bonchev–Trinajstić information content (AvgIpc) is 1.77. The molecule has 14 heavy (non-hydrogen) atoms. The molecule has 3 nitrogen and oxygen atoms in total. The van der Waals surface area contributed by atoms with Crippen LogP contribution in [0.3, 0.4) is 0 Å². The Labute approximate surface area is 71.4 Å². The topological polar surface area (TPSA) is 35.5 Å². The van der Waals surface area contributed by atoms with Gasteiger partial charge in [-0.25, -0.2) is 13.6 Å². The molecule has 1 aliphatic heterocycles. The lowest BCUT2D eigenvalue weighted by Crippen LogP contribution is -2.58. The molecule has 0 bridgehead atoms. The van der Waals surface area contributed by atoms with E-state index in [1.165, 1.54) is 0 Å². The van der Waals surface area contributed by atoms with Gasteiger partial charge in [0.25, 0.3) is 0 Å². The summed E-state index contributed by atoms with van der Waals surface area (Å²) in [7, 11) is -6.39. The zero-order valence-corrected chi connectivity index (χ0v) is 6.71. The second kappa shape index (κ2) is 2.61. The lowest BCUT2D eigenvalue weighted by atomic mass is 10.3. The van der Waals surface area contributed by atoms with Crippen molar-refractivity contribution in [2.24, 2.45) is 0 Å². The van der Waals surface area contributed by atoms with Crippen molar-refractivity contribution in [3.63, 3.8) is 0 Å². The van der Waals surface area contributed by atoms with Crippen LogP contribution < -0.4 is 0 Å². The number of rotatable bonds is 0. The quantitative estimate of drug-likeness (QED) is 0.488. The minimum atomic E-state index is -6.39. The van der Waals surface area contributed by atoms with Gasteiger partial charge >= 0.3 is 26.0 Å². The summed E-state index contributed by atoms with van der Waals surface area (Å²) < 4.78 is 98.8. The molecular formula is C3F7O3P. The third-order valence-corrected chi connectivity index (χ3v) is 2.07. The summed E-state index contributed by atoms with van der Waals surface area (Å²) in [5.41, 5.74) is 0. The summed E-state index contributed by atoms with van der Waals surface area (Å²) in [6.45, 7) is 0. The van der Waals surface area contributed by atoms with Gasteiger partial charge in [0.05, 0.1) is 0 Å². The molecule has 0 aliphatic carbocycles. The van der Waals surface area contributed by atoms with Crippen molar-refractivity contribution in [2.75, 3.05) is 0 Å². The van der Waals surface area contributed by atoms with Crippen LogP contribution in [0.15, 0.2) is 0 Å². The molecule has 0 aromatic rings. The maximum absolute atomic E-state index is 12.1. The van der Waals surface area contributed by atoms with Crippen molar-refractivity contribution in [1.29, 1.82) is 0 Å². The minimum absolute atomic E-state index is 2.32. The van der Waals surface area contributed by atoms with Crippen LogP contribution in [0.4, 0.5) is 30.5 Å². The Hall–Kier alpha value is -0.340. The Balaban J connectivity index is 3.20. The molecule has 0 unspecified atom stereocenters. The van der Waals surface area contributed by atoms with Gasteiger partial charge in [0, 0.05) is 0 Å². The molecule has 1 saturated heterocycles. The largest absolute Gasteiger partial charge is 0.523 e. The molecule has 0 saturated carbocycles. The second-order valence-corrected chi connectivity index (χ2v) is 3.45. The highest BCUT2D eigenvalue weighted by Crippen LogP contribution is 2.67. The van der Waals surface area contributed by atoms with Gasteiger partial charge in [0.1, 0.15) is 0 Å². The summed E-state index contributed by atoms with van der Waals surface area (Å²) in [4.78, 5) is 0. The first-order valence-corrected chi connectivity index (χ1v) is 4.19. The summed E-state index contributed by atoms with van der Waals surface area (Å²) in [6.07, 6.45) is -11.8. The summed E-state index contributed by atoms with van der Waals surface area (Å²) in [5, 5.41) is 0. The summed E-state index contributed by atoms with van der Waals surface area (Å²) in [5.74, 6) is -6.10. The molecule has 0 aromatic heterocycles. The van der Waals surface area contributed by atoms with Crippen molar-refractivity contribution in [3.05, 3.63) is 0 Å². The van der Waals surface area contributed by atoms with Crippen LogP contribution in [0.25, 0.3) is 0 Å². The molecule has 0 N–H and O–H groups in total. The number of alkyl halides is 6. The molecule has 1 fully saturated rings. The Morgan fingerprint density at radius 3 is 1.43 bits per heavy atom. The van der Waals surface area contributed by atoms with Crippen molar-refractivity contribution in [2.45, 2.75) is 18.1 Å². The van der Waals surface area contributed by atoms with Crippen LogP contribution in [-0.2, 0) is 13.6 Å². The van der Waals surface area contributed by atoms with E-state index in [0.29, 0.717) is 0 Å². The van der Waals surface area contributed by atoms with Gasteiger partial charge in [-0.05, 0) is 0 Å². The van der Waals surface area contributed by atoms with Crippen LogP contribution in [-0.4, -0.2) is 18.1 Å². The van der Waals surface area contributed by atoms with Crippen LogP contribution in [0.1, 0.15) is 0 Å².